The third kappa shape index (κ3) is 5.04. The monoisotopic (exact) mass is 443 g/mol. The lowest BCUT2D eigenvalue weighted by molar-refractivity contribution is -0.179. The van der Waals surface area contributed by atoms with Gasteiger partial charge in [0, 0.05) is 19.7 Å². The number of thioether (sulfide) groups is 1. The van der Waals surface area contributed by atoms with E-state index in [2.05, 4.69) is 5.32 Å². The molecular weight excluding hydrogens is 418 g/mol. The molecule has 0 aromatic rings. The number of ether oxygens (including phenoxy) is 3. The van der Waals surface area contributed by atoms with E-state index >= 15 is 0 Å². The summed E-state index contributed by atoms with van der Waals surface area (Å²) in [7, 11) is 3.01. The number of nitrogens with zero attached hydrogens (tertiary/aromatic N) is 2. The van der Waals surface area contributed by atoms with E-state index in [0.717, 1.165) is 0 Å². The molecule has 1 N–H and O–H groups in total. The van der Waals surface area contributed by atoms with E-state index < -0.39 is 53.6 Å². The minimum atomic E-state index is -1.17. The molecule has 0 radical (unpaired) electrons. The standard InChI is InChI=1S/C18H25N3O8S/c1-18(2,3)16(25)29-9-28-15(24)12-10(6-27-17(26)20(4)5)7-30-14-11(19-8-22)13(23)21(12)14/h7-8,11-12,14H,6,9H2,1-5H3,(H,19,22)/t11-,12?,14-/m1/s1. The molecule has 3 amide bonds. The molecule has 0 saturated carbocycles. The Balaban J connectivity index is 2.11. The normalized spacial score (nSPS) is 22.7. The van der Waals surface area contributed by atoms with Crippen molar-refractivity contribution < 1.29 is 38.2 Å². The van der Waals surface area contributed by atoms with Gasteiger partial charge in [-0.05, 0) is 26.2 Å². The van der Waals surface area contributed by atoms with Gasteiger partial charge >= 0.3 is 18.0 Å². The first kappa shape index (κ1) is 23.5. The first-order chi connectivity index (χ1) is 14.0. The molecule has 1 saturated heterocycles. The number of carbonyl (C=O) groups excluding carboxylic acids is 5. The molecule has 0 bridgehead atoms. The number of rotatable bonds is 7. The number of β-lactam (4-membered cyclic amide) rings is 1. The molecule has 11 nitrogen and oxygen atoms in total. The maximum atomic E-state index is 12.7. The number of esters is 2. The van der Waals surface area contributed by atoms with E-state index in [1.807, 2.05) is 0 Å². The lowest BCUT2D eigenvalue weighted by Crippen LogP contribution is -2.73. The van der Waals surface area contributed by atoms with E-state index in [4.69, 9.17) is 14.2 Å². The topological polar surface area (TPSA) is 132 Å². The van der Waals surface area contributed by atoms with Crippen molar-refractivity contribution >= 4 is 42.1 Å². The summed E-state index contributed by atoms with van der Waals surface area (Å²) in [6.07, 6.45) is -0.206. The summed E-state index contributed by atoms with van der Waals surface area (Å²) < 4.78 is 15.1. The summed E-state index contributed by atoms with van der Waals surface area (Å²) in [6, 6.07) is -1.94. The smallest absolute Gasteiger partial charge is 0.409 e. The number of hydrogen-bond donors (Lipinski definition) is 1. The van der Waals surface area contributed by atoms with Crippen LogP contribution in [0.5, 0.6) is 0 Å². The predicted molar refractivity (Wildman–Crippen MR) is 105 cm³/mol. The highest BCUT2D eigenvalue weighted by Gasteiger charge is 2.55. The van der Waals surface area contributed by atoms with E-state index in [0.29, 0.717) is 12.0 Å². The third-order valence-electron chi connectivity index (χ3n) is 4.27. The lowest BCUT2D eigenvalue weighted by atomic mass is 9.98. The molecule has 166 valence electrons. The van der Waals surface area contributed by atoms with Crippen LogP contribution in [-0.4, -0.2) is 85.1 Å². The average Bonchev–Trinajstić information content (AvgIpc) is 2.68. The molecule has 1 fully saturated rings. The Bertz CT molecular complexity index is 761. The van der Waals surface area contributed by atoms with Crippen molar-refractivity contribution in [2.75, 3.05) is 27.5 Å². The van der Waals surface area contributed by atoms with Crippen molar-refractivity contribution in [1.82, 2.24) is 15.1 Å². The lowest BCUT2D eigenvalue weighted by Gasteiger charge is -2.51. The summed E-state index contributed by atoms with van der Waals surface area (Å²) in [5.41, 5.74) is -0.442. The number of nitrogens with one attached hydrogen (secondary N) is 1. The molecule has 2 heterocycles. The van der Waals surface area contributed by atoms with Gasteiger partial charge in [-0.3, -0.25) is 14.4 Å². The molecular formula is C18H25N3O8S. The van der Waals surface area contributed by atoms with Gasteiger partial charge < -0.3 is 29.3 Å². The van der Waals surface area contributed by atoms with Crippen molar-refractivity contribution in [2.24, 2.45) is 5.41 Å². The summed E-state index contributed by atoms with van der Waals surface area (Å²) in [6.45, 7) is 4.09. The summed E-state index contributed by atoms with van der Waals surface area (Å²) in [5.74, 6) is -1.87. The molecule has 0 aliphatic carbocycles. The first-order valence-corrected chi connectivity index (χ1v) is 9.97. The Morgan fingerprint density at radius 3 is 2.47 bits per heavy atom. The van der Waals surface area contributed by atoms with Crippen molar-refractivity contribution in [3.63, 3.8) is 0 Å². The van der Waals surface area contributed by atoms with Crippen LogP contribution in [0.1, 0.15) is 20.8 Å². The molecule has 3 atom stereocenters. The van der Waals surface area contributed by atoms with Gasteiger partial charge in [0.1, 0.15) is 18.0 Å². The molecule has 0 aromatic heterocycles. The Kier molecular flexibility index (Phi) is 7.34. The molecule has 2 aliphatic heterocycles. The van der Waals surface area contributed by atoms with Gasteiger partial charge in [0.2, 0.25) is 19.1 Å². The average molecular weight is 443 g/mol. The van der Waals surface area contributed by atoms with Crippen LogP contribution < -0.4 is 5.32 Å². The van der Waals surface area contributed by atoms with Gasteiger partial charge in [-0.25, -0.2) is 9.59 Å². The molecule has 0 aromatic carbocycles. The van der Waals surface area contributed by atoms with Crippen LogP contribution in [0.2, 0.25) is 0 Å². The second-order valence-corrected chi connectivity index (χ2v) is 8.83. The predicted octanol–water partition coefficient (Wildman–Crippen LogP) is 0.0568. The molecule has 2 rings (SSSR count). The maximum Gasteiger partial charge on any atom is 0.409 e. The number of carbonyl (C=O) groups is 5. The zero-order valence-corrected chi connectivity index (χ0v) is 18.2. The number of hydrogen-bond acceptors (Lipinski definition) is 9. The van der Waals surface area contributed by atoms with Gasteiger partial charge in [0.15, 0.2) is 6.04 Å². The van der Waals surface area contributed by atoms with Crippen LogP contribution in [0.25, 0.3) is 0 Å². The highest BCUT2D eigenvalue weighted by molar-refractivity contribution is 8.02. The Hall–Kier alpha value is -2.76. The van der Waals surface area contributed by atoms with Gasteiger partial charge in [-0.15, -0.1) is 11.8 Å². The molecule has 1 unspecified atom stereocenters. The van der Waals surface area contributed by atoms with Crippen molar-refractivity contribution in [3.05, 3.63) is 11.0 Å². The highest BCUT2D eigenvalue weighted by atomic mass is 32.2. The SMILES string of the molecule is CN(C)C(=O)OCC1=CS[C@@H]2[C@H](NC=O)C(=O)N2C1C(=O)OCOC(=O)C(C)(C)C. The van der Waals surface area contributed by atoms with Crippen molar-refractivity contribution in [3.8, 4) is 0 Å². The van der Waals surface area contributed by atoms with Gasteiger partial charge in [-0.1, -0.05) is 0 Å². The van der Waals surface area contributed by atoms with Gasteiger partial charge in [0.05, 0.1) is 5.41 Å². The van der Waals surface area contributed by atoms with E-state index in [-0.39, 0.29) is 6.61 Å². The second kappa shape index (κ2) is 9.37. The van der Waals surface area contributed by atoms with Crippen LogP contribution in [0.4, 0.5) is 4.79 Å². The van der Waals surface area contributed by atoms with Crippen LogP contribution in [0, 0.1) is 5.41 Å². The van der Waals surface area contributed by atoms with Crippen LogP contribution in [0.3, 0.4) is 0 Å². The molecule has 2 aliphatic rings. The van der Waals surface area contributed by atoms with Gasteiger partial charge in [0.25, 0.3) is 0 Å². The van der Waals surface area contributed by atoms with Crippen LogP contribution in [0.15, 0.2) is 11.0 Å². The Morgan fingerprint density at radius 2 is 1.90 bits per heavy atom. The van der Waals surface area contributed by atoms with Crippen LogP contribution in [-0.2, 0) is 33.4 Å². The quantitative estimate of drug-likeness (QED) is 0.251. The Morgan fingerprint density at radius 1 is 1.23 bits per heavy atom. The van der Waals surface area contributed by atoms with Crippen molar-refractivity contribution in [1.29, 1.82) is 0 Å². The zero-order chi connectivity index (χ0) is 22.6. The molecule has 12 heteroatoms. The molecule has 30 heavy (non-hydrogen) atoms. The van der Waals surface area contributed by atoms with E-state index in [1.54, 1.807) is 26.2 Å². The van der Waals surface area contributed by atoms with E-state index in [9.17, 15) is 24.0 Å². The fourth-order valence-electron chi connectivity index (χ4n) is 2.62. The zero-order valence-electron chi connectivity index (χ0n) is 17.4. The van der Waals surface area contributed by atoms with Gasteiger partial charge in [-0.2, -0.15) is 0 Å². The minimum Gasteiger partial charge on any atom is -0.445 e. The third-order valence-corrected chi connectivity index (χ3v) is 5.49. The summed E-state index contributed by atoms with van der Waals surface area (Å²) >= 11 is 1.21. The highest BCUT2D eigenvalue weighted by Crippen LogP contribution is 2.40. The fraction of sp³-hybridized carbons (Fsp3) is 0.611. The maximum absolute atomic E-state index is 12.7. The minimum absolute atomic E-state index is 0.242. The fourth-order valence-corrected chi connectivity index (χ4v) is 3.84. The number of fused-ring (bicyclic) bond motifs is 1. The summed E-state index contributed by atoms with van der Waals surface area (Å²) in [5, 5.41) is 3.50. The van der Waals surface area contributed by atoms with Crippen molar-refractivity contribution in [2.45, 2.75) is 38.2 Å². The molecule has 0 spiro atoms. The number of amides is 3. The summed E-state index contributed by atoms with van der Waals surface area (Å²) in [4.78, 5) is 61.9. The van der Waals surface area contributed by atoms with Crippen LogP contribution >= 0.6 is 11.8 Å². The largest absolute Gasteiger partial charge is 0.445 e. The Labute approximate surface area is 178 Å². The second-order valence-electron chi connectivity index (χ2n) is 7.84. The first-order valence-electron chi connectivity index (χ1n) is 9.03. The van der Waals surface area contributed by atoms with E-state index in [1.165, 1.54) is 35.7 Å².